The van der Waals surface area contributed by atoms with Crippen LogP contribution in [0.15, 0.2) is 36.4 Å². The Hall–Kier alpha value is -2.37. The molecular weight excluding hydrogens is 335 g/mol. The first-order valence-corrected chi connectivity index (χ1v) is 9.11. The summed E-state index contributed by atoms with van der Waals surface area (Å²) >= 11 is 0. The highest BCUT2D eigenvalue weighted by Crippen LogP contribution is 2.39. The van der Waals surface area contributed by atoms with Crippen LogP contribution in [0, 0.1) is 29.5 Å². The van der Waals surface area contributed by atoms with Gasteiger partial charge in [0, 0.05) is 19.6 Å². The smallest absolute Gasteiger partial charge is 0.317 e. The van der Waals surface area contributed by atoms with Gasteiger partial charge in [-0.3, -0.25) is 4.79 Å². The average Bonchev–Trinajstić information content (AvgIpc) is 3.04. The minimum atomic E-state index is -0.319. The lowest BCUT2D eigenvalue weighted by atomic mass is 9.72. The maximum atomic E-state index is 13.2. The monoisotopic (exact) mass is 360 g/mol. The van der Waals surface area contributed by atoms with Gasteiger partial charge in [0.2, 0.25) is 0 Å². The maximum absolute atomic E-state index is 13.2. The zero-order chi connectivity index (χ0) is 18.7. The molecule has 26 heavy (non-hydrogen) atoms. The first-order chi connectivity index (χ1) is 12.5. The molecule has 1 aromatic rings. The number of carbonyl (C=O) groups is 2. The number of benzene rings is 1. The predicted octanol–water partition coefficient (Wildman–Crippen LogP) is 2.97. The molecule has 2 aliphatic rings. The number of urea groups is 1. The highest BCUT2D eigenvalue weighted by molar-refractivity contribution is 5.76. The fourth-order valence-corrected chi connectivity index (χ4v) is 4.00. The Morgan fingerprint density at radius 3 is 2.85 bits per heavy atom. The molecule has 140 valence electrons. The Morgan fingerprint density at radius 1 is 1.31 bits per heavy atom. The van der Waals surface area contributed by atoms with Crippen molar-refractivity contribution in [3.63, 3.8) is 0 Å². The largest absolute Gasteiger partial charge is 0.466 e. The number of rotatable bonds is 4. The molecule has 0 bridgehead atoms. The number of hydrogen-bond donors (Lipinski definition) is 1. The van der Waals surface area contributed by atoms with Crippen molar-refractivity contribution in [2.45, 2.75) is 20.4 Å². The lowest BCUT2D eigenvalue weighted by molar-refractivity contribution is -0.152. The van der Waals surface area contributed by atoms with E-state index in [4.69, 9.17) is 4.74 Å². The zero-order valence-electron chi connectivity index (χ0n) is 15.2. The van der Waals surface area contributed by atoms with Crippen molar-refractivity contribution in [1.29, 1.82) is 0 Å². The fraction of sp³-hybridized carbons (Fsp3) is 0.500. The number of nitrogens with zero attached hydrogens (tertiary/aromatic N) is 1. The standard InChI is InChI=1S/C20H25FN2O3/c1-3-26-19(24)18-13(2)7-8-15-11-23(12-17(15)18)20(25)22-10-14-5-4-6-16(21)9-14/h4-9,13,15,17-18H,3,10-12H2,1-2H3,(H,22,25)/t13-,15-,17-,18-/m0/s1. The first kappa shape index (κ1) is 18.4. The van der Waals surface area contributed by atoms with E-state index in [1.807, 2.05) is 6.92 Å². The summed E-state index contributed by atoms with van der Waals surface area (Å²) in [4.78, 5) is 26.6. The summed E-state index contributed by atoms with van der Waals surface area (Å²) in [5, 5.41) is 2.84. The normalized spacial score (nSPS) is 27.1. The van der Waals surface area contributed by atoms with Crippen LogP contribution in [0.1, 0.15) is 19.4 Å². The van der Waals surface area contributed by atoms with Crippen LogP contribution < -0.4 is 5.32 Å². The lowest BCUT2D eigenvalue weighted by Crippen LogP contribution is -2.40. The van der Waals surface area contributed by atoms with Crippen molar-refractivity contribution < 1.29 is 18.7 Å². The Balaban J connectivity index is 1.62. The Morgan fingerprint density at radius 2 is 2.12 bits per heavy atom. The van der Waals surface area contributed by atoms with E-state index >= 15 is 0 Å². The van der Waals surface area contributed by atoms with E-state index in [2.05, 4.69) is 17.5 Å². The number of fused-ring (bicyclic) bond motifs is 1. The number of nitrogens with one attached hydrogen (secondary N) is 1. The number of likely N-dealkylation sites (tertiary alicyclic amines) is 1. The third kappa shape index (κ3) is 3.89. The lowest BCUT2D eigenvalue weighted by Gasteiger charge is -2.31. The number of ether oxygens (including phenoxy) is 1. The van der Waals surface area contributed by atoms with Gasteiger partial charge in [-0.05, 0) is 42.4 Å². The van der Waals surface area contributed by atoms with Crippen LogP contribution in [0.25, 0.3) is 0 Å². The van der Waals surface area contributed by atoms with E-state index in [-0.39, 0.29) is 48.0 Å². The Kier molecular flexibility index (Phi) is 5.59. The third-order valence-electron chi connectivity index (χ3n) is 5.28. The summed E-state index contributed by atoms with van der Waals surface area (Å²) in [7, 11) is 0. The average molecular weight is 360 g/mol. The van der Waals surface area contributed by atoms with Crippen LogP contribution in [0.2, 0.25) is 0 Å². The van der Waals surface area contributed by atoms with Crippen LogP contribution in [0.5, 0.6) is 0 Å². The quantitative estimate of drug-likeness (QED) is 0.663. The van der Waals surface area contributed by atoms with Gasteiger partial charge in [-0.25, -0.2) is 9.18 Å². The minimum absolute atomic E-state index is 0.0777. The van der Waals surface area contributed by atoms with Gasteiger partial charge in [0.1, 0.15) is 5.82 Å². The predicted molar refractivity (Wildman–Crippen MR) is 95.6 cm³/mol. The summed E-state index contributed by atoms with van der Waals surface area (Å²) in [5.41, 5.74) is 0.716. The van der Waals surface area contributed by atoms with Crippen LogP contribution in [0.4, 0.5) is 9.18 Å². The van der Waals surface area contributed by atoms with Gasteiger partial charge < -0.3 is 15.0 Å². The highest BCUT2D eigenvalue weighted by Gasteiger charge is 2.45. The van der Waals surface area contributed by atoms with Crippen molar-refractivity contribution >= 4 is 12.0 Å². The van der Waals surface area contributed by atoms with E-state index in [9.17, 15) is 14.0 Å². The second-order valence-electron chi connectivity index (χ2n) is 7.04. The van der Waals surface area contributed by atoms with E-state index in [0.29, 0.717) is 25.3 Å². The Bertz CT molecular complexity index is 706. The van der Waals surface area contributed by atoms with Crippen LogP contribution in [-0.2, 0) is 16.1 Å². The van der Waals surface area contributed by atoms with Gasteiger partial charge in [-0.15, -0.1) is 0 Å². The van der Waals surface area contributed by atoms with Crippen LogP contribution >= 0.6 is 0 Å². The third-order valence-corrected chi connectivity index (χ3v) is 5.28. The van der Waals surface area contributed by atoms with E-state index in [1.54, 1.807) is 24.0 Å². The number of carbonyl (C=O) groups excluding carboxylic acids is 2. The van der Waals surface area contributed by atoms with Gasteiger partial charge in [0.25, 0.3) is 0 Å². The topological polar surface area (TPSA) is 58.6 Å². The molecule has 2 amide bonds. The summed E-state index contributed by atoms with van der Waals surface area (Å²) in [6, 6.07) is 5.99. The fourth-order valence-electron chi connectivity index (χ4n) is 4.00. The summed E-state index contributed by atoms with van der Waals surface area (Å²) in [5.74, 6) is -0.368. The molecule has 5 nitrogen and oxygen atoms in total. The first-order valence-electron chi connectivity index (χ1n) is 9.11. The second kappa shape index (κ2) is 7.89. The van der Waals surface area contributed by atoms with Crippen molar-refractivity contribution in [3.8, 4) is 0 Å². The molecule has 0 spiro atoms. The van der Waals surface area contributed by atoms with Crippen molar-refractivity contribution in [2.75, 3.05) is 19.7 Å². The summed E-state index contributed by atoms with van der Waals surface area (Å²) in [6.07, 6.45) is 4.17. The molecule has 1 heterocycles. The molecule has 3 rings (SSSR count). The molecule has 0 aromatic heterocycles. The highest BCUT2D eigenvalue weighted by atomic mass is 19.1. The number of allylic oxidation sites excluding steroid dienone is 1. The molecule has 1 saturated heterocycles. The second-order valence-corrected chi connectivity index (χ2v) is 7.04. The van der Waals surface area contributed by atoms with E-state index in [1.165, 1.54) is 12.1 Å². The molecule has 6 heteroatoms. The minimum Gasteiger partial charge on any atom is -0.466 e. The van der Waals surface area contributed by atoms with E-state index < -0.39 is 0 Å². The molecule has 0 radical (unpaired) electrons. The molecule has 1 aliphatic carbocycles. The number of hydrogen-bond acceptors (Lipinski definition) is 3. The van der Waals surface area contributed by atoms with Crippen molar-refractivity contribution in [3.05, 3.63) is 47.8 Å². The summed E-state index contributed by atoms with van der Waals surface area (Å²) in [6.45, 7) is 5.56. The molecule has 0 unspecified atom stereocenters. The van der Waals surface area contributed by atoms with Gasteiger partial charge in [0.15, 0.2) is 0 Å². The number of halogens is 1. The molecule has 1 N–H and O–H groups in total. The molecule has 1 aliphatic heterocycles. The number of esters is 1. The Labute approximate surface area is 153 Å². The van der Waals surface area contributed by atoms with Gasteiger partial charge in [-0.2, -0.15) is 0 Å². The molecule has 4 atom stereocenters. The molecular formula is C20H25FN2O3. The van der Waals surface area contributed by atoms with Crippen molar-refractivity contribution in [2.24, 2.45) is 23.7 Å². The van der Waals surface area contributed by atoms with Crippen molar-refractivity contribution in [1.82, 2.24) is 10.2 Å². The van der Waals surface area contributed by atoms with Gasteiger partial charge in [0.05, 0.1) is 12.5 Å². The maximum Gasteiger partial charge on any atom is 0.317 e. The molecule has 0 saturated carbocycles. The van der Waals surface area contributed by atoms with E-state index in [0.717, 1.165) is 0 Å². The molecule has 1 fully saturated rings. The summed E-state index contributed by atoms with van der Waals surface area (Å²) < 4.78 is 18.5. The SMILES string of the molecule is CCOC(=O)[C@@H]1[C@H]2CN(C(=O)NCc3cccc(F)c3)C[C@@H]2C=C[C@@H]1C. The molecule has 1 aromatic carbocycles. The zero-order valence-corrected chi connectivity index (χ0v) is 15.2. The number of amides is 2. The van der Waals surface area contributed by atoms with Crippen LogP contribution in [-0.4, -0.2) is 36.6 Å². The van der Waals surface area contributed by atoms with Gasteiger partial charge >= 0.3 is 12.0 Å². The van der Waals surface area contributed by atoms with Crippen LogP contribution in [0.3, 0.4) is 0 Å². The van der Waals surface area contributed by atoms with Gasteiger partial charge in [-0.1, -0.05) is 31.2 Å².